The third-order valence-electron chi connectivity index (χ3n) is 14.7. The largest absolute Gasteiger partial charge is 0.394 e. The number of unbranched alkanes of at least 4 members (excludes halogenated alkanes) is 45. The number of hydrogen-bond donors (Lipinski definition) is 4. The van der Waals surface area contributed by atoms with Crippen molar-refractivity contribution in [3.63, 3.8) is 0 Å². The summed E-state index contributed by atoms with van der Waals surface area (Å²) in [6.07, 6.45) is 78.0. The summed E-state index contributed by atoms with van der Waals surface area (Å²) in [7, 11) is 0. The molecule has 0 heterocycles. The van der Waals surface area contributed by atoms with Crippen LogP contribution in [0.15, 0.2) is 36.5 Å². The smallest absolute Gasteiger partial charge is 0.222 e. The zero-order valence-electron chi connectivity index (χ0n) is 46.7. The van der Waals surface area contributed by atoms with Gasteiger partial charge in [0.15, 0.2) is 0 Å². The van der Waals surface area contributed by atoms with Crippen LogP contribution in [0.2, 0.25) is 0 Å². The standard InChI is InChI=1S/C64H123NO4/c1-3-5-7-9-11-13-15-17-19-21-23-25-27-28-29-30-31-32-33-34-36-37-39-41-43-45-47-49-51-53-55-57-61(67)59-64(69)65-62(60-66)63(68)58-56-54-52-50-48-46-44-42-40-38-35-26-24-22-20-18-16-14-12-10-8-6-4-2/h40,42,48,50,56,58,61-63,66-68H,3-39,41,43-47,49,51-55,57,59-60H2,1-2H3,(H,65,69)/b42-40+,50-48+,58-56+. The lowest BCUT2D eigenvalue weighted by Crippen LogP contribution is -2.45. The van der Waals surface area contributed by atoms with Gasteiger partial charge in [-0.3, -0.25) is 4.79 Å². The minimum Gasteiger partial charge on any atom is -0.394 e. The summed E-state index contributed by atoms with van der Waals surface area (Å²) >= 11 is 0. The highest BCUT2D eigenvalue weighted by molar-refractivity contribution is 5.76. The third kappa shape index (κ3) is 55.7. The summed E-state index contributed by atoms with van der Waals surface area (Å²) in [6, 6.07) is -0.767. The molecular weight excluding hydrogens is 847 g/mol. The van der Waals surface area contributed by atoms with Crippen LogP contribution in [-0.2, 0) is 4.79 Å². The zero-order valence-corrected chi connectivity index (χ0v) is 46.7. The molecule has 0 saturated heterocycles. The van der Waals surface area contributed by atoms with Gasteiger partial charge in [0.25, 0.3) is 0 Å². The van der Waals surface area contributed by atoms with Gasteiger partial charge < -0.3 is 20.6 Å². The predicted molar refractivity (Wildman–Crippen MR) is 305 cm³/mol. The number of nitrogens with one attached hydrogen (secondary N) is 1. The van der Waals surface area contributed by atoms with E-state index in [1.54, 1.807) is 6.08 Å². The molecule has 0 spiro atoms. The van der Waals surface area contributed by atoms with Crippen LogP contribution in [0.3, 0.4) is 0 Å². The molecule has 0 aromatic carbocycles. The Morgan fingerprint density at radius 2 is 0.623 bits per heavy atom. The van der Waals surface area contributed by atoms with Gasteiger partial charge in [0.1, 0.15) is 0 Å². The van der Waals surface area contributed by atoms with E-state index in [0.717, 1.165) is 38.5 Å². The maximum Gasteiger partial charge on any atom is 0.222 e. The molecule has 0 aliphatic heterocycles. The first-order valence-electron chi connectivity index (χ1n) is 31.3. The van der Waals surface area contributed by atoms with Crippen LogP contribution < -0.4 is 5.32 Å². The number of aliphatic hydroxyl groups is 3. The average molecular weight is 971 g/mol. The van der Waals surface area contributed by atoms with E-state index in [2.05, 4.69) is 43.5 Å². The van der Waals surface area contributed by atoms with Crippen LogP contribution >= 0.6 is 0 Å². The number of hydrogen-bond acceptors (Lipinski definition) is 4. The van der Waals surface area contributed by atoms with Gasteiger partial charge in [0.05, 0.1) is 31.3 Å². The van der Waals surface area contributed by atoms with Gasteiger partial charge in [-0.1, -0.05) is 326 Å². The van der Waals surface area contributed by atoms with Crippen molar-refractivity contribution in [2.24, 2.45) is 0 Å². The molecule has 0 aromatic heterocycles. The van der Waals surface area contributed by atoms with Gasteiger partial charge in [-0.15, -0.1) is 0 Å². The molecule has 69 heavy (non-hydrogen) atoms. The van der Waals surface area contributed by atoms with Crippen molar-refractivity contribution in [2.45, 2.75) is 360 Å². The fourth-order valence-corrected chi connectivity index (χ4v) is 9.91. The summed E-state index contributed by atoms with van der Waals surface area (Å²) in [6.45, 7) is 4.24. The fraction of sp³-hybridized carbons (Fsp3) is 0.891. The molecule has 0 rings (SSSR count). The van der Waals surface area contributed by atoms with Crippen molar-refractivity contribution in [1.29, 1.82) is 0 Å². The van der Waals surface area contributed by atoms with Gasteiger partial charge in [-0.05, 0) is 44.9 Å². The van der Waals surface area contributed by atoms with Gasteiger partial charge in [-0.25, -0.2) is 0 Å². The lowest BCUT2D eigenvalue weighted by atomic mass is 10.0. The van der Waals surface area contributed by atoms with Crippen LogP contribution in [0.4, 0.5) is 0 Å². The minimum atomic E-state index is -0.960. The maximum absolute atomic E-state index is 12.5. The molecule has 3 atom stereocenters. The molecule has 408 valence electrons. The Balaban J connectivity index is 3.55. The van der Waals surface area contributed by atoms with Crippen LogP contribution in [0.5, 0.6) is 0 Å². The van der Waals surface area contributed by atoms with Crippen molar-refractivity contribution >= 4 is 5.91 Å². The third-order valence-corrected chi connectivity index (χ3v) is 14.7. The topological polar surface area (TPSA) is 89.8 Å². The minimum absolute atomic E-state index is 0.00590. The van der Waals surface area contributed by atoms with Crippen molar-refractivity contribution in [2.75, 3.05) is 6.61 Å². The highest BCUT2D eigenvalue weighted by Gasteiger charge is 2.20. The Hall–Kier alpha value is -1.43. The molecular formula is C64H123NO4. The van der Waals surface area contributed by atoms with Crippen LogP contribution in [-0.4, -0.2) is 46.1 Å². The van der Waals surface area contributed by atoms with Gasteiger partial charge >= 0.3 is 0 Å². The monoisotopic (exact) mass is 970 g/mol. The number of allylic oxidation sites excluding steroid dienone is 5. The highest BCUT2D eigenvalue weighted by atomic mass is 16.3. The second-order valence-electron chi connectivity index (χ2n) is 21.7. The summed E-state index contributed by atoms with van der Waals surface area (Å²) in [5.74, 6) is -0.323. The molecule has 0 fully saturated rings. The Kier molecular flexibility index (Phi) is 57.9. The Morgan fingerprint density at radius 1 is 0.362 bits per heavy atom. The number of carbonyl (C=O) groups is 1. The molecule has 0 aliphatic rings. The Labute approximate surface area is 432 Å². The van der Waals surface area contributed by atoms with E-state index in [-0.39, 0.29) is 18.9 Å². The Morgan fingerprint density at radius 3 is 0.928 bits per heavy atom. The van der Waals surface area contributed by atoms with E-state index in [0.29, 0.717) is 6.42 Å². The van der Waals surface area contributed by atoms with E-state index < -0.39 is 18.2 Å². The highest BCUT2D eigenvalue weighted by Crippen LogP contribution is 2.18. The summed E-state index contributed by atoms with van der Waals surface area (Å²) < 4.78 is 0. The summed E-state index contributed by atoms with van der Waals surface area (Å²) in [4.78, 5) is 12.5. The van der Waals surface area contributed by atoms with Crippen molar-refractivity contribution in [3.8, 4) is 0 Å². The summed E-state index contributed by atoms with van der Waals surface area (Å²) in [5, 5.41) is 33.5. The lowest BCUT2D eigenvalue weighted by molar-refractivity contribution is -0.124. The average Bonchev–Trinajstić information content (AvgIpc) is 3.35. The molecule has 5 nitrogen and oxygen atoms in total. The van der Waals surface area contributed by atoms with Crippen molar-refractivity contribution in [3.05, 3.63) is 36.5 Å². The number of amides is 1. The van der Waals surface area contributed by atoms with Crippen molar-refractivity contribution < 1.29 is 20.1 Å². The number of aliphatic hydroxyl groups excluding tert-OH is 3. The molecule has 0 aromatic rings. The quantitative estimate of drug-likeness (QED) is 0.0361. The van der Waals surface area contributed by atoms with Gasteiger partial charge in [0.2, 0.25) is 5.91 Å². The van der Waals surface area contributed by atoms with E-state index in [4.69, 9.17) is 0 Å². The zero-order chi connectivity index (χ0) is 50.0. The fourth-order valence-electron chi connectivity index (χ4n) is 9.91. The van der Waals surface area contributed by atoms with E-state index in [1.807, 2.05) is 6.08 Å². The molecule has 0 saturated carbocycles. The Bertz CT molecular complexity index is 1070. The first kappa shape index (κ1) is 67.6. The first-order chi connectivity index (χ1) is 34.0. The second-order valence-corrected chi connectivity index (χ2v) is 21.7. The van der Waals surface area contributed by atoms with Crippen LogP contribution in [0, 0.1) is 0 Å². The van der Waals surface area contributed by atoms with Crippen LogP contribution in [0.1, 0.15) is 341 Å². The normalized spacial score (nSPS) is 13.4. The molecule has 0 radical (unpaired) electrons. The van der Waals surface area contributed by atoms with E-state index in [9.17, 15) is 20.1 Å². The lowest BCUT2D eigenvalue weighted by Gasteiger charge is -2.21. The maximum atomic E-state index is 12.5. The van der Waals surface area contributed by atoms with Gasteiger partial charge in [-0.2, -0.15) is 0 Å². The second kappa shape index (κ2) is 59.1. The van der Waals surface area contributed by atoms with E-state index >= 15 is 0 Å². The molecule has 0 bridgehead atoms. The van der Waals surface area contributed by atoms with Crippen molar-refractivity contribution in [1.82, 2.24) is 5.32 Å². The number of rotatable bonds is 58. The van der Waals surface area contributed by atoms with E-state index in [1.165, 1.54) is 276 Å². The molecule has 1 amide bonds. The predicted octanol–water partition coefficient (Wildman–Crippen LogP) is 19.8. The van der Waals surface area contributed by atoms with Gasteiger partial charge in [0, 0.05) is 0 Å². The SMILES string of the molecule is CCCCCCCCCCCCCCC/C=C/CC/C=C/CC/C=C/C(O)C(CO)NC(=O)CC(O)CCCCCCCCCCCCCCCCCCCCCCCCCCCCCCCCC. The molecule has 3 unspecified atom stereocenters. The molecule has 4 N–H and O–H groups in total. The molecule has 0 aliphatic carbocycles. The van der Waals surface area contributed by atoms with Crippen LogP contribution in [0.25, 0.3) is 0 Å². The molecule has 5 heteroatoms. The summed E-state index contributed by atoms with van der Waals surface area (Å²) in [5.41, 5.74) is 0. The first-order valence-corrected chi connectivity index (χ1v) is 31.3. The number of carbonyl (C=O) groups excluding carboxylic acids is 1.